The lowest BCUT2D eigenvalue weighted by Gasteiger charge is -2.25. The first-order valence-corrected chi connectivity index (χ1v) is 10.8. The fraction of sp³-hybridized carbons (Fsp3) is 0.150. The van der Waals surface area contributed by atoms with Gasteiger partial charge in [-0.1, -0.05) is 76.9 Å². The van der Waals surface area contributed by atoms with Crippen LogP contribution in [0.3, 0.4) is 0 Å². The number of hydrogen-bond acceptors (Lipinski definition) is 4. The SMILES string of the molecule is O=C1CC(c2cccc(Cl)c2Cl)c2c(nc(SCc3ccccc3Cl)[nH]c2=O)N1. The third kappa shape index (κ3) is 4.16. The normalized spacial score (nSPS) is 15.7. The molecule has 1 aliphatic heterocycles. The van der Waals surface area contributed by atoms with Gasteiger partial charge in [0, 0.05) is 23.1 Å². The lowest BCUT2D eigenvalue weighted by Crippen LogP contribution is -2.31. The van der Waals surface area contributed by atoms with Gasteiger partial charge in [0.25, 0.3) is 5.56 Å². The number of nitrogens with one attached hydrogen (secondary N) is 2. The van der Waals surface area contributed by atoms with Crippen LogP contribution in [0, 0.1) is 0 Å². The van der Waals surface area contributed by atoms with Crippen molar-refractivity contribution in [3.63, 3.8) is 0 Å². The molecule has 0 radical (unpaired) electrons. The van der Waals surface area contributed by atoms with Crippen LogP contribution < -0.4 is 10.9 Å². The van der Waals surface area contributed by atoms with Gasteiger partial charge in [0.15, 0.2) is 5.16 Å². The number of hydrogen-bond donors (Lipinski definition) is 2. The Morgan fingerprint density at radius 2 is 1.79 bits per heavy atom. The standard InChI is InChI=1S/C20H14Cl3N3O2S/c21-13-6-2-1-4-10(13)9-29-20-25-18-16(19(28)26-20)12(8-15(27)24-18)11-5-3-7-14(22)17(11)23/h1-7,12H,8-9H2,(H2,24,25,26,27,28). The molecule has 0 saturated heterocycles. The largest absolute Gasteiger partial charge is 0.310 e. The van der Waals surface area contributed by atoms with Crippen molar-refractivity contribution in [2.75, 3.05) is 5.32 Å². The smallest absolute Gasteiger partial charge is 0.257 e. The lowest BCUT2D eigenvalue weighted by molar-refractivity contribution is -0.116. The van der Waals surface area contributed by atoms with Gasteiger partial charge < -0.3 is 10.3 Å². The molecule has 4 rings (SSSR count). The maximum absolute atomic E-state index is 12.9. The number of halogens is 3. The first-order valence-electron chi connectivity index (χ1n) is 8.68. The van der Waals surface area contributed by atoms with Crippen LogP contribution in [0.25, 0.3) is 0 Å². The summed E-state index contributed by atoms with van der Waals surface area (Å²) in [5.41, 5.74) is 1.60. The Morgan fingerprint density at radius 1 is 1.03 bits per heavy atom. The van der Waals surface area contributed by atoms with E-state index in [9.17, 15) is 9.59 Å². The molecule has 9 heteroatoms. The molecule has 1 aromatic heterocycles. The molecule has 0 bridgehead atoms. The van der Waals surface area contributed by atoms with E-state index in [-0.39, 0.29) is 23.7 Å². The summed E-state index contributed by atoms with van der Waals surface area (Å²) in [7, 11) is 0. The highest BCUT2D eigenvalue weighted by Crippen LogP contribution is 2.40. The Bertz CT molecular complexity index is 1170. The quantitative estimate of drug-likeness (QED) is 0.393. The highest BCUT2D eigenvalue weighted by atomic mass is 35.5. The second-order valence-corrected chi connectivity index (χ2v) is 8.62. The third-order valence-electron chi connectivity index (χ3n) is 4.61. The fourth-order valence-corrected chi connectivity index (χ4v) is 4.82. The monoisotopic (exact) mass is 465 g/mol. The Kier molecular flexibility index (Phi) is 5.88. The van der Waals surface area contributed by atoms with Gasteiger partial charge in [0.1, 0.15) is 5.82 Å². The van der Waals surface area contributed by atoms with Gasteiger partial charge in [0.2, 0.25) is 5.91 Å². The van der Waals surface area contributed by atoms with E-state index in [0.717, 1.165) is 5.56 Å². The zero-order chi connectivity index (χ0) is 20.5. The van der Waals surface area contributed by atoms with Crippen molar-refractivity contribution < 1.29 is 4.79 Å². The van der Waals surface area contributed by atoms with Crippen LogP contribution >= 0.6 is 46.6 Å². The molecule has 2 heterocycles. The van der Waals surface area contributed by atoms with Crippen molar-refractivity contribution in [3.05, 3.63) is 84.6 Å². The average Bonchev–Trinajstić information content (AvgIpc) is 2.68. The molecule has 1 atom stereocenters. The number of carbonyl (C=O) groups excluding carboxylic acids is 1. The summed E-state index contributed by atoms with van der Waals surface area (Å²) in [6, 6.07) is 12.6. The minimum Gasteiger partial charge on any atom is -0.310 e. The molecule has 29 heavy (non-hydrogen) atoms. The number of aromatic nitrogens is 2. The van der Waals surface area contributed by atoms with E-state index in [1.165, 1.54) is 11.8 Å². The van der Waals surface area contributed by atoms with Crippen LogP contribution in [0.1, 0.15) is 29.0 Å². The van der Waals surface area contributed by atoms with Crippen molar-refractivity contribution in [1.82, 2.24) is 9.97 Å². The zero-order valence-corrected chi connectivity index (χ0v) is 17.9. The van der Waals surface area contributed by atoms with Gasteiger partial charge in [-0.25, -0.2) is 4.98 Å². The van der Waals surface area contributed by atoms with Crippen LogP contribution in [0.4, 0.5) is 5.82 Å². The molecule has 1 aliphatic rings. The van der Waals surface area contributed by atoms with Crippen molar-refractivity contribution >= 4 is 58.3 Å². The van der Waals surface area contributed by atoms with E-state index in [1.807, 2.05) is 18.2 Å². The average molecular weight is 467 g/mol. The number of nitrogens with zero attached hydrogens (tertiary/aromatic N) is 1. The summed E-state index contributed by atoms with van der Waals surface area (Å²) >= 11 is 20.0. The summed E-state index contributed by atoms with van der Waals surface area (Å²) in [5, 5.41) is 4.44. The van der Waals surface area contributed by atoms with Gasteiger partial charge in [-0.2, -0.15) is 0 Å². The van der Waals surface area contributed by atoms with Gasteiger partial charge in [0.05, 0.1) is 15.6 Å². The highest BCUT2D eigenvalue weighted by Gasteiger charge is 2.32. The predicted molar refractivity (Wildman–Crippen MR) is 117 cm³/mol. The Morgan fingerprint density at radius 3 is 2.59 bits per heavy atom. The van der Waals surface area contributed by atoms with E-state index in [1.54, 1.807) is 24.3 Å². The van der Waals surface area contributed by atoms with E-state index >= 15 is 0 Å². The maximum atomic E-state index is 12.9. The molecule has 1 unspecified atom stereocenters. The van der Waals surface area contributed by atoms with Crippen LogP contribution in [-0.2, 0) is 10.5 Å². The summed E-state index contributed by atoms with van der Waals surface area (Å²) in [6.45, 7) is 0. The summed E-state index contributed by atoms with van der Waals surface area (Å²) in [6.07, 6.45) is 0.0872. The van der Waals surface area contributed by atoms with Gasteiger partial charge in [-0.3, -0.25) is 9.59 Å². The van der Waals surface area contributed by atoms with E-state index in [0.29, 0.717) is 37.1 Å². The molecule has 5 nitrogen and oxygen atoms in total. The van der Waals surface area contributed by atoms with Crippen LogP contribution in [0.15, 0.2) is 52.4 Å². The van der Waals surface area contributed by atoms with E-state index in [4.69, 9.17) is 34.8 Å². The van der Waals surface area contributed by atoms with Crippen LogP contribution in [0.5, 0.6) is 0 Å². The van der Waals surface area contributed by atoms with Crippen molar-refractivity contribution in [2.24, 2.45) is 0 Å². The Labute approximate surface area is 185 Å². The van der Waals surface area contributed by atoms with Crippen molar-refractivity contribution in [2.45, 2.75) is 23.2 Å². The number of thioether (sulfide) groups is 1. The molecular weight excluding hydrogens is 453 g/mol. The summed E-state index contributed by atoms with van der Waals surface area (Å²) in [4.78, 5) is 32.4. The van der Waals surface area contributed by atoms with Crippen molar-refractivity contribution in [1.29, 1.82) is 0 Å². The van der Waals surface area contributed by atoms with Gasteiger partial charge >= 0.3 is 0 Å². The third-order valence-corrected chi connectivity index (χ3v) is 6.73. The molecule has 1 amide bonds. The Balaban J connectivity index is 1.70. The zero-order valence-electron chi connectivity index (χ0n) is 14.8. The predicted octanol–water partition coefficient (Wildman–Crippen LogP) is 5.50. The number of amides is 1. The number of benzene rings is 2. The van der Waals surface area contributed by atoms with Gasteiger partial charge in [-0.05, 0) is 23.3 Å². The fourth-order valence-electron chi connectivity index (χ4n) is 3.24. The number of anilines is 1. The molecule has 0 aliphatic carbocycles. The number of rotatable bonds is 4. The topological polar surface area (TPSA) is 74.8 Å². The molecule has 2 aromatic carbocycles. The van der Waals surface area contributed by atoms with Gasteiger partial charge in [-0.15, -0.1) is 0 Å². The van der Waals surface area contributed by atoms with Crippen LogP contribution in [0.2, 0.25) is 15.1 Å². The van der Waals surface area contributed by atoms with E-state index in [2.05, 4.69) is 15.3 Å². The molecule has 2 N–H and O–H groups in total. The Hall–Kier alpha value is -1.99. The summed E-state index contributed by atoms with van der Waals surface area (Å²) < 4.78 is 0. The molecule has 148 valence electrons. The van der Waals surface area contributed by atoms with E-state index < -0.39 is 5.92 Å². The molecule has 0 fully saturated rings. The van der Waals surface area contributed by atoms with Crippen molar-refractivity contribution in [3.8, 4) is 0 Å². The number of aromatic amines is 1. The maximum Gasteiger partial charge on any atom is 0.257 e. The highest BCUT2D eigenvalue weighted by molar-refractivity contribution is 7.98. The van der Waals surface area contributed by atoms with Crippen LogP contribution in [-0.4, -0.2) is 15.9 Å². The molecular formula is C20H14Cl3N3O2S. The first kappa shape index (κ1) is 20.3. The summed E-state index contributed by atoms with van der Waals surface area (Å²) in [5.74, 6) is 0.00836. The first-order chi connectivity index (χ1) is 13.9. The lowest BCUT2D eigenvalue weighted by atomic mass is 9.87. The number of H-pyrrole nitrogens is 1. The molecule has 3 aromatic rings. The molecule has 0 spiro atoms. The second-order valence-electron chi connectivity index (χ2n) is 6.46. The minimum atomic E-state index is -0.524. The number of carbonyl (C=O) groups is 1. The minimum absolute atomic E-state index is 0.0872. The molecule has 0 saturated carbocycles. The second kappa shape index (κ2) is 8.40. The number of fused-ring (bicyclic) bond motifs is 1.